The average Bonchev–Trinajstić information content (AvgIpc) is 2.98. The zero-order chi connectivity index (χ0) is 18.1. The van der Waals surface area contributed by atoms with Crippen molar-refractivity contribution in [2.75, 3.05) is 13.1 Å². The molecule has 0 atom stereocenters. The SMILES string of the molecule is Cc1[nH]c2ccccc2c1C1CCN(Cc2cccc(C(=O)O)c2)CC1. The molecule has 0 spiro atoms. The number of carbonyl (C=O) groups is 1. The van der Waals surface area contributed by atoms with Crippen LogP contribution in [0.15, 0.2) is 48.5 Å². The van der Waals surface area contributed by atoms with Crippen LogP contribution in [-0.4, -0.2) is 34.0 Å². The fraction of sp³-hybridized carbons (Fsp3) is 0.318. The van der Waals surface area contributed by atoms with Crippen LogP contribution in [0.5, 0.6) is 0 Å². The molecular formula is C22H24N2O2. The largest absolute Gasteiger partial charge is 0.478 e. The summed E-state index contributed by atoms with van der Waals surface area (Å²) >= 11 is 0. The van der Waals surface area contributed by atoms with Crippen LogP contribution in [0.2, 0.25) is 0 Å². The molecule has 134 valence electrons. The number of piperidine rings is 1. The number of nitrogens with one attached hydrogen (secondary N) is 1. The highest BCUT2D eigenvalue weighted by Crippen LogP contribution is 2.35. The molecule has 1 aliphatic rings. The first-order valence-electron chi connectivity index (χ1n) is 9.23. The Bertz CT molecular complexity index is 936. The molecule has 2 N–H and O–H groups in total. The summed E-state index contributed by atoms with van der Waals surface area (Å²) in [5, 5.41) is 10.5. The van der Waals surface area contributed by atoms with Gasteiger partial charge < -0.3 is 10.1 Å². The molecule has 4 nitrogen and oxygen atoms in total. The third-order valence-electron chi connectivity index (χ3n) is 5.52. The van der Waals surface area contributed by atoms with Crippen molar-refractivity contribution in [3.8, 4) is 0 Å². The van der Waals surface area contributed by atoms with Crippen LogP contribution in [0.25, 0.3) is 10.9 Å². The van der Waals surface area contributed by atoms with Crippen molar-refractivity contribution >= 4 is 16.9 Å². The number of likely N-dealkylation sites (tertiary alicyclic amines) is 1. The van der Waals surface area contributed by atoms with Crippen molar-refractivity contribution in [2.45, 2.75) is 32.2 Å². The number of aromatic nitrogens is 1. The summed E-state index contributed by atoms with van der Waals surface area (Å²) in [5.74, 6) is -0.270. The third kappa shape index (κ3) is 3.25. The van der Waals surface area contributed by atoms with Gasteiger partial charge in [-0.1, -0.05) is 30.3 Å². The molecule has 0 unspecified atom stereocenters. The molecule has 0 bridgehead atoms. The van der Waals surface area contributed by atoms with Gasteiger partial charge >= 0.3 is 5.97 Å². The van der Waals surface area contributed by atoms with E-state index in [2.05, 4.69) is 41.1 Å². The summed E-state index contributed by atoms with van der Waals surface area (Å²) in [4.78, 5) is 17.1. The van der Waals surface area contributed by atoms with Crippen molar-refractivity contribution in [1.82, 2.24) is 9.88 Å². The summed E-state index contributed by atoms with van der Waals surface area (Å²) in [5.41, 5.74) is 5.44. The van der Waals surface area contributed by atoms with Crippen molar-refractivity contribution < 1.29 is 9.90 Å². The number of nitrogens with zero attached hydrogens (tertiary/aromatic N) is 1. The third-order valence-corrected chi connectivity index (χ3v) is 5.52. The van der Waals surface area contributed by atoms with Gasteiger partial charge in [0.25, 0.3) is 0 Å². The summed E-state index contributed by atoms with van der Waals surface area (Å²) in [6.07, 6.45) is 2.28. The number of hydrogen-bond acceptors (Lipinski definition) is 2. The molecule has 2 heterocycles. The first-order chi connectivity index (χ1) is 12.6. The van der Waals surface area contributed by atoms with E-state index in [1.807, 2.05) is 12.1 Å². The van der Waals surface area contributed by atoms with Crippen molar-refractivity contribution in [3.63, 3.8) is 0 Å². The minimum absolute atomic E-state index is 0.367. The number of carboxylic acid groups (broad SMARTS) is 1. The Morgan fingerprint density at radius 2 is 1.92 bits per heavy atom. The lowest BCUT2D eigenvalue weighted by molar-refractivity contribution is 0.0696. The Morgan fingerprint density at radius 1 is 1.15 bits per heavy atom. The van der Waals surface area contributed by atoms with E-state index in [1.165, 1.54) is 22.2 Å². The quantitative estimate of drug-likeness (QED) is 0.727. The van der Waals surface area contributed by atoms with Gasteiger partial charge in [-0.15, -0.1) is 0 Å². The molecule has 0 saturated carbocycles. The number of aromatic carboxylic acids is 1. The maximum Gasteiger partial charge on any atom is 0.335 e. The molecule has 3 aromatic rings. The van der Waals surface area contributed by atoms with Gasteiger partial charge in [0.1, 0.15) is 0 Å². The van der Waals surface area contributed by atoms with E-state index in [1.54, 1.807) is 12.1 Å². The van der Waals surface area contributed by atoms with Gasteiger partial charge in [-0.25, -0.2) is 4.79 Å². The molecule has 2 aromatic carbocycles. The van der Waals surface area contributed by atoms with Gasteiger partial charge in [-0.2, -0.15) is 0 Å². The highest BCUT2D eigenvalue weighted by molar-refractivity contribution is 5.87. The van der Waals surface area contributed by atoms with Crippen LogP contribution in [0.3, 0.4) is 0 Å². The van der Waals surface area contributed by atoms with E-state index in [9.17, 15) is 4.79 Å². The standard InChI is InChI=1S/C22H24N2O2/c1-15-21(19-7-2-3-8-20(19)23-15)17-9-11-24(12-10-17)14-16-5-4-6-18(13-16)22(25)26/h2-8,13,17,23H,9-12,14H2,1H3,(H,25,26). The van der Waals surface area contributed by atoms with Crippen LogP contribution in [0.4, 0.5) is 0 Å². The van der Waals surface area contributed by atoms with Crippen LogP contribution in [-0.2, 0) is 6.54 Å². The Kier molecular flexibility index (Phi) is 4.51. The van der Waals surface area contributed by atoms with Crippen LogP contribution in [0.1, 0.15) is 45.9 Å². The molecule has 0 radical (unpaired) electrons. The number of rotatable bonds is 4. The molecule has 1 aliphatic heterocycles. The monoisotopic (exact) mass is 348 g/mol. The first-order valence-corrected chi connectivity index (χ1v) is 9.23. The molecule has 1 saturated heterocycles. The Morgan fingerprint density at radius 3 is 2.69 bits per heavy atom. The summed E-state index contributed by atoms with van der Waals surface area (Å²) in [6, 6.07) is 15.9. The molecule has 26 heavy (non-hydrogen) atoms. The maximum atomic E-state index is 11.1. The molecule has 0 amide bonds. The Hall–Kier alpha value is -2.59. The Balaban J connectivity index is 1.45. The highest BCUT2D eigenvalue weighted by atomic mass is 16.4. The van der Waals surface area contributed by atoms with Gasteiger partial charge in [-0.3, -0.25) is 4.90 Å². The summed E-state index contributed by atoms with van der Waals surface area (Å²) in [7, 11) is 0. The molecular weight excluding hydrogens is 324 g/mol. The topological polar surface area (TPSA) is 56.3 Å². The molecule has 1 aromatic heterocycles. The number of fused-ring (bicyclic) bond motifs is 1. The minimum atomic E-state index is -0.861. The zero-order valence-electron chi connectivity index (χ0n) is 15.0. The van der Waals surface area contributed by atoms with E-state index >= 15 is 0 Å². The number of hydrogen-bond donors (Lipinski definition) is 2. The molecule has 4 heteroatoms. The summed E-state index contributed by atoms with van der Waals surface area (Å²) < 4.78 is 0. The van der Waals surface area contributed by atoms with Gasteiger partial charge in [0, 0.05) is 23.1 Å². The fourth-order valence-corrected chi connectivity index (χ4v) is 4.27. The molecule has 0 aliphatic carbocycles. The normalized spacial score (nSPS) is 16.2. The molecule has 4 rings (SSSR count). The van der Waals surface area contributed by atoms with Crippen molar-refractivity contribution in [3.05, 3.63) is 70.9 Å². The second-order valence-electron chi connectivity index (χ2n) is 7.27. The average molecular weight is 348 g/mol. The zero-order valence-corrected chi connectivity index (χ0v) is 15.0. The van der Waals surface area contributed by atoms with Crippen molar-refractivity contribution in [1.29, 1.82) is 0 Å². The van der Waals surface area contributed by atoms with Gasteiger partial charge in [0.05, 0.1) is 5.56 Å². The maximum absolute atomic E-state index is 11.1. The van der Waals surface area contributed by atoms with E-state index in [0.29, 0.717) is 11.5 Å². The fourth-order valence-electron chi connectivity index (χ4n) is 4.27. The predicted octanol–water partition coefficient (Wildman–Crippen LogP) is 4.55. The van der Waals surface area contributed by atoms with E-state index < -0.39 is 5.97 Å². The lowest BCUT2D eigenvalue weighted by Crippen LogP contribution is -2.32. The van der Waals surface area contributed by atoms with Crippen LogP contribution >= 0.6 is 0 Å². The predicted molar refractivity (Wildman–Crippen MR) is 104 cm³/mol. The lowest BCUT2D eigenvalue weighted by atomic mass is 9.87. The number of carboxylic acids is 1. The van der Waals surface area contributed by atoms with E-state index in [0.717, 1.165) is 38.0 Å². The second-order valence-corrected chi connectivity index (χ2v) is 7.27. The van der Waals surface area contributed by atoms with Crippen LogP contribution < -0.4 is 0 Å². The number of H-pyrrole nitrogens is 1. The number of para-hydroxylation sites is 1. The van der Waals surface area contributed by atoms with Crippen LogP contribution in [0, 0.1) is 6.92 Å². The smallest absolute Gasteiger partial charge is 0.335 e. The highest BCUT2D eigenvalue weighted by Gasteiger charge is 2.24. The van der Waals surface area contributed by atoms with Crippen molar-refractivity contribution in [2.24, 2.45) is 0 Å². The minimum Gasteiger partial charge on any atom is -0.478 e. The number of aryl methyl sites for hydroxylation is 1. The number of aromatic amines is 1. The Labute approximate surface area is 153 Å². The van der Waals surface area contributed by atoms with E-state index in [4.69, 9.17) is 5.11 Å². The number of benzene rings is 2. The molecule has 1 fully saturated rings. The van der Waals surface area contributed by atoms with Gasteiger partial charge in [-0.05, 0) is 68.1 Å². The summed E-state index contributed by atoms with van der Waals surface area (Å²) in [6.45, 7) is 5.08. The van der Waals surface area contributed by atoms with E-state index in [-0.39, 0.29) is 0 Å². The first kappa shape index (κ1) is 16.9. The van der Waals surface area contributed by atoms with Gasteiger partial charge in [0.15, 0.2) is 0 Å². The lowest BCUT2D eigenvalue weighted by Gasteiger charge is -2.32. The van der Waals surface area contributed by atoms with Gasteiger partial charge in [0.2, 0.25) is 0 Å². The second kappa shape index (κ2) is 6.96.